The minimum absolute atomic E-state index is 0.319. The molecule has 0 aromatic heterocycles. The van der Waals surface area contributed by atoms with Crippen molar-refractivity contribution in [2.75, 3.05) is 34.5 Å². The van der Waals surface area contributed by atoms with E-state index in [0.717, 1.165) is 12.1 Å². The van der Waals surface area contributed by atoms with Crippen molar-refractivity contribution in [3.8, 4) is 17.2 Å². The van der Waals surface area contributed by atoms with Crippen LogP contribution in [0.3, 0.4) is 0 Å². The summed E-state index contributed by atoms with van der Waals surface area (Å²) in [7, 11) is 4.77. The number of hydrogen-bond donors (Lipinski definition) is 2. The van der Waals surface area contributed by atoms with E-state index in [1.807, 2.05) is 12.1 Å². The molecule has 0 unspecified atom stereocenters. The molecule has 6 heteroatoms. The predicted octanol–water partition coefficient (Wildman–Crippen LogP) is 1.44. The first-order chi connectivity index (χ1) is 12.5. The number of hydrogen-bond acceptors (Lipinski definition) is 5. The van der Waals surface area contributed by atoms with Crippen molar-refractivity contribution in [3.63, 3.8) is 0 Å². The van der Waals surface area contributed by atoms with Gasteiger partial charge in [0, 0.05) is 0 Å². The van der Waals surface area contributed by atoms with Gasteiger partial charge in [0.2, 0.25) is 5.75 Å². The molecule has 1 aliphatic heterocycles. The SMILES string of the molecule is COc1cc(COC[C@@H](O)C[NH+]2[C@H](C)CCC[C@H]2C)cc(OC)c1OC. The maximum absolute atomic E-state index is 10.4. The third kappa shape index (κ3) is 5.25. The smallest absolute Gasteiger partial charge is 0.203 e. The summed E-state index contributed by atoms with van der Waals surface area (Å²) in [6, 6.07) is 4.94. The second-order valence-electron chi connectivity index (χ2n) is 7.21. The van der Waals surface area contributed by atoms with Crippen molar-refractivity contribution >= 4 is 0 Å². The Hall–Kier alpha value is -1.50. The zero-order chi connectivity index (χ0) is 19.1. The molecule has 1 saturated heterocycles. The molecule has 0 aliphatic carbocycles. The Labute approximate surface area is 157 Å². The van der Waals surface area contributed by atoms with E-state index >= 15 is 0 Å². The van der Waals surface area contributed by atoms with E-state index in [-0.39, 0.29) is 0 Å². The highest BCUT2D eigenvalue weighted by Crippen LogP contribution is 2.38. The van der Waals surface area contributed by atoms with Gasteiger partial charge in [-0.1, -0.05) is 0 Å². The van der Waals surface area contributed by atoms with Gasteiger partial charge in [-0.25, -0.2) is 0 Å². The third-order valence-electron chi connectivity index (χ3n) is 5.32. The van der Waals surface area contributed by atoms with Crippen LogP contribution in [0.15, 0.2) is 12.1 Å². The van der Waals surface area contributed by atoms with Crippen molar-refractivity contribution in [1.29, 1.82) is 0 Å². The molecule has 1 aromatic rings. The van der Waals surface area contributed by atoms with E-state index in [2.05, 4.69) is 13.8 Å². The molecule has 6 nitrogen and oxygen atoms in total. The van der Waals surface area contributed by atoms with E-state index < -0.39 is 6.10 Å². The number of aliphatic hydroxyl groups excluding tert-OH is 1. The van der Waals surface area contributed by atoms with E-state index in [4.69, 9.17) is 18.9 Å². The van der Waals surface area contributed by atoms with Gasteiger partial charge in [0.05, 0.1) is 46.6 Å². The van der Waals surface area contributed by atoms with Gasteiger partial charge in [-0.3, -0.25) is 0 Å². The van der Waals surface area contributed by atoms with Gasteiger partial charge in [0.1, 0.15) is 12.6 Å². The van der Waals surface area contributed by atoms with Crippen LogP contribution in [0.5, 0.6) is 17.2 Å². The van der Waals surface area contributed by atoms with Crippen molar-refractivity contribution in [2.45, 2.75) is 57.9 Å². The minimum Gasteiger partial charge on any atom is -0.493 e. The fourth-order valence-electron chi connectivity index (χ4n) is 3.85. The van der Waals surface area contributed by atoms with Gasteiger partial charge in [0.15, 0.2) is 11.5 Å². The quantitative estimate of drug-likeness (QED) is 0.691. The highest BCUT2D eigenvalue weighted by atomic mass is 16.5. The molecule has 148 valence electrons. The minimum atomic E-state index is -0.463. The number of likely N-dealkylation sites (tertiary alicyclic amines) is 1. The van der Waals surface area contributed by atoms with Crippen LogP contribution in [-0.2, 0) is 11.3 Å². The van der Waals surface area contributed by atoms with Crippen molar-refractivity contribution < 1.29 is 29.0 Å². The predicted molar refractivity (Wildman–Crippen MR) is 100 cm³/mol. The Bertz CT molecular complexity index is 530. The van der Waals surface area contributed by atoms with Crippen LogP contribution >= 0.6 is 0 Å². The summed E-state index contributed by atoms with van der Waals surface area (Å²) in [5, 5.41) is 10.4. The average Bonchev–Trinajstić information content (AvgIpc) is 2.63. The van der Waals surface area contributed by atoms with Crippen LogP contribution in [-0.4, -0.2) is 57.8 Å². The van der Waals surface area contributed by atoms with Gasteiger partial charge in [-0.2, -0.15) is 0 Å². The molecule has 26 heavy (non-hydrogen) atoms. The maximum atomic E-state index is 10.4. The van der Waals surface area contributed by atoms with Gasteiger partial charge >= 0.3 is 0 Å². The van der Waals surface area contributed by atoms with Crippen LogP contribution in [0.2, 0.25) is 0 Å². The number of nitrogens with one attached hydrogen (secondary N) is 1. The lowest BCUT2D eigenvalue weighted by Crippen LogP contribution is -3.20. The van der Waals surface area contributed by atoms with Crippen LogP contribution in [0.25, 0.3) is 0 Å². The van der Waals surface area contributed by atoms with Gasteiger partial charge < -0.3 is 29.0 Å². The highest BCUT2D eigenvalue weighted by molar-refractivity contribution is 5.53. The number of aliphatic hydroxyl groups is 1. The monoisotopic (exact) mass is 368 g/mol. The molecule has 0 spiro atoms. The Balaban J connectivity index is 1.88. The first-order valence-corrected chi connectivity index (χ1v) is 9.40. The summed E-state index contributed by atoms with van der Waals surface area (Å²) in [6.45, 7) is 5.98. The molecule has 3 atom stereocenters. The van der Waals surface area contributed by atoms with Crippen molar-refractivity contribution in [2.24, 2.45) is 0 Å². The molecule has 2 N–H and O–H groups in total. The lowest BCUT2D eigenvalue weighted by Gasteiger charge is -2.36. The number of benzene rings is 1. The number of piperidine rings is 1. The second kappa shape index (κ2) is 10.00. The Morgan fingerprint density at radius 1 is 1.04 bits per heavy atom. The van der Waals surface area contributed by atoms with E-state index in [9.17, 15) is 5.11 Å². The molecule has 1 aromatic carbocycles. The summed E-state index contributed by atoms with van der Waals surface area (Å²) in [5.41, 5.74) is 0.916. The molecule has 0 radical (unpaired) electrons. The highest BCUT2D eigenvalue weighted by Gasteiger charge is 2.30. The van der Waals surface area contributed by atoms with Crippen molar-refractivity contribution in [1.82, 2.24) is 0 Å². The fourth-order valence-corrected chi connectivity index (χ4v) is 3.85. The third-order valence-corrected chi connectivity index (χ3v) is 5.32. The zero-order valence-electron chi connectivity index (χ0n) is 16.7. The first-order valence-electron chi connectivity index (χ1n) is 9.40. The number of methoxy groups -OCH3 is 3. The van der Waals surface area contributed by atoms with E-state index in [1.54, 1.807) is 21.3 Å². The molecule has 0 bridgehead atoms. The summed E-state index contributed by atoms with van der Waals surface area (Å²) in [5.74, 6) is 1.77. The largest absolute Gasteiger partial charge is 0.493 e. The maximum Gasteiger partial charge on any atom is 0.203 e. The second-order valence-corrected chi connectivity index (χ2v) is 7.21. The Morgan fingerprint density at radius 2 is 1.62 bits per heavy atom. The fraction of sp³-hybridized carbons (Fsp3) is 0.700. The van der Waals surface area contributed by atoms with Crippen molar-refractivity contribution in [3.05, 3.63) is 17.7 Å². The topological polar surface area (TPSA) is 61.6 Å². The van der Waals surface area contributed by atoms with Crippen LogP contribution in [0.4, 0.5) is 0 Å². The molecule has 1 aliphatic rings. The molecule has 0 amide bonds. The lowest BCUT2D eigenvalue weighted by atomic mass is 9.97. The Kier molecular flexibility index (Phi) is 8.00. The Morgan fingerprint density at radius 3 is 2.12 bits per heavy atom. The number of rotatable bonds is 9. The average molecular weight is 368 g/mol. The molecular weight excluding hydrogens is 334 g/mol. The van der Waals surface area contributed by atoms with Crippen LogP contribution in [0.1, 0.15) is 38.7 Å². The van der Waals surface area contributed by atoms with E-state index in [0.29, 0.717) is 42.5 Å². The molecule has 1 heterocycles. The summed E-state index contributed by atoms with van der Waals surface area (Å²) in [4.78, 5) is 1.49. The number of quaternary nitrogens is 1. The summed E-state index contributed by atoms with van der Waals surface area (Å²) < 4.78 is 21.8. The number of ether oxygens (including phenoxy) is 4. The molecule has 2 rings (SSSR count). The normalized spacial score (nSPS) is 22.1. The van der Waals surface area contributed by atoms with Crippen LogP contribution < -0.4 is 19.1 Å². The van der Waals surface area contributed by atoms with Gasteiger partial charge in [-0.05, 0) is 50.8 Å². The molecular formula is C20H34NO5+. The lowest BCUT2D eigenvalue weighted by molar-refractivity contribution is -0.954. The first kappa shape index (κ1) is 20.8. The summed E-state index contributed by atoms with van der Waals surface area (Å²) in [6.07, 6.45) is 3.30. The summed E-state index contributed by atoms with van der Waals surface area (Å²) >= 11 is 0. The zero-order valence-corrected chi connectivity index (χ0v) is 16.7. The van der Waals surface area contributed by atoms with Gasteiger partial charge in [0.25, 0.3) is 0 Å². The van der Waals surface area contributed by atoms with E-state index in [1.165, 1.54) is 24.2 Å². The molecule has 0 saturated carbocycles. The molecule has 1 fully saturated rings. The van der Waals surface area contributed by atoms with Gasteiger partial charge in [-0.15, -0.1) is 0 Å². The van der Waals surface area contributed by atoms with Crippen LogP contribution in [0, 0.1) is 0 Å². The standard InChI is InChI=1S/C20H33NO5/c1-14-7-6-8-15(2)21(14)11-17(22)13-26-12-16-9-18(23-3)20(25-5)19(10-16)24-4/h9-10,14-15,17,22H,6-8,11-13H2,1-5H3/p+1/t14-,15-,17+/m1/s1.